The number of amides is 1. The van der Waals surface area contributed by atoms with Gasteiger partial charge in [-0.2, -0.15) is 0 Å². The molecule has 1 aromatic heterocycles. The predicted molar refractivity (Wildman–Crippen MR) is 102 cm³/mol. The fraction of sp³-hybridized carbons (Fsp3) is 0.111. The third-order valence-corrected chi connectivity index (χ3v) is 4.74. The number of rotatable bonds is 5. The van der Waals surface area contributed by atoms with Crippen LogP contribution in [0.15, 0.2) is 64.5 Å². The zero-order valence-corrected chi connectivity index (χ0v) is 15.2. The smallest absolute Gasteiger partial charge is 0.243 e. The molecular formula is C18H16BrN3OS. The van der Waals surface area contributed by atoms with Crippen LogP contribution in [0.1, 0.15) is 5.56 Å². The minimum Gasteiger partial charge on any atom is -0.320 e. The van der Waals surface area contributed by atoms with Gasteiger partial charge in [0.1, 0.15) is 0 Å². The lowest BCUT2D eigenvalue weighted by atomic mass is 10.1. The molecule has 0 saturated carbocycles. The number of nitrogens with zero attached hydrogens (tertiary/aromatic N) is 1. The van der Waals surface area contributed by atoms with E-state index in [1.807, 2.05) is 60.0 Å². The van der Waals surface area contributed by atoms with Crippen molar-refractivity contribution in [1.29, 1.82) is 0 Å². The molecule has 1 heterocycles. The Kier molecular flexibility index (Phi) is 5.40. The fourth-order valence-corrected chi connectivity index (χ4v) is 3.39. The Balaban J connectivity index is 1.65. The average molecular weight is 402 g/mol. The normalized spacial score (nSPS) is 11.9. The van der Waals surface area contributed by atoms with Gasteiger partial charge >= 0.3 is 0 Å². The van der Waals surface area contributed by atoms with Crippen molar-refractivity contribution in [1.82, 2.24) is 4.98 Å². The minimum absolute atomic E-state index is 0.228. The zero-order chi connectivity index (χ0) is 16.9. The van der Waals surface area contributed by atoms with Gasteiger partial charge in [-0.25, -0.2) is 4.98 Å². The number of hydrogen-bond acceptors (Lipinski definition) is 4. The molecule has 0 fully saturated rings. The number of carbonyl (C=O) groups is 1. The number of hydrogen-bond donors (Lipinski definition) is 2. The van der Waals surface area contributed by atoms with E-state index >= 15 is 0 Å². The van der Waals surface area contributed by atoms with E-state index in [-0.39, 0.29) is 5.91 Å². The van der Waals surface area contributed by atoms with Crippen molar-refractivity contribution in [2.75, 3.05) is 5.32 Å². The molecule has 122 valence electrons. The molecule has 0 bridgehead atoms. The van der Waals surface area contributed by atoms with Crippen LogP contribution in [0, 0.1) is 0 Å². The second kappa shape index (κ2) is 7.70. The van der Waals surface area contributed by atoms with E-state index in [0.29, 0.717) is 11.6 Å². The Hall–Kier alpha value is -2.02. The van der Waals surface area contributed by atoms with Crippen molar-refractivity contribution < 1.29 is 4.79 Å². The van der Waals surface area contributed by atoms with E-state index in [1.54, 1.807) is 0 Å². The average Bonchev–Trinajstić information content (AvgIpc) is 3.04. The minimum atomic E-state index is -0.606. The third-order valence-electron chi connectivity index (χ3n) is 3.49. The van der Waals surface area contributed by atoms with E-state index in [1.165, 1.54) is 11.3 Å². The Morgan fingerprint density at radius 3 is 2.75 bits per heavy atom. The highest BCUT2D eigenvalue weighted by Crippen LogP contribution is 2.26. The molecule has 24 heavy (non-hydrogen) atoms. The lowest BCUT2D eigenvalue weighted by Crippen LogP contribution is -2.37. The highest BCUT2D eigenvalue weighted by atomic mass is 79.9. The molecule has 2 aromatic carbocycles. The summed E-state index contributed by atoms with van der Waals surface area (Å²) in [7, 11) is 0. The Morgan fingerprint density at radius 1 is 1.21 bits per heavy atom. The van der Waals surface area contributed by atoms with Gasteiger partial charge < -0.3 is 11.1 Å². The van der Waals surface area contributed by atoms with Crippen LogP contribution >= 0.6 is 27.3 Å². The number of anilines is 1. The SMILES string of the molecule is N[C@H](Cc1ccccc1)C(=O)Nc1nc(-c2cccc(Br)c2)cs1. The molecule has 3 rings (SSSR count). The van der Waals surface area contributed by atoms with Gasteiger partial charge in [-0.1, -0.05) is 58.4 Å². The van der Waals surface area contributed by atoms with Crippen molar-refractivity contribution in [3.05, 3.63) is 70.0 Å². The van der Waals surface area contributed by atoms with Gasteiger partial charge in [0.05, 0.1) is 11.7 Å². The lowest BCUT2D eigenvalue weighted by Gasteiger charge is -2.10. The molecule has 0 spiro atoms. The summed E-state index contributed by atoms with van der Waals surface area (Å²) in [6.07, 6.45) is 0.497. The van der Waals surface area contributed by atoms with Crippen LogP contribution in [0.25, 0.3) is 11.3 Å². The molecule has 3 N–H and O–H groups in total. The fourth-order valence-electron chi connectivity index (χ4n) is 2.27. The number of carbonyl (C=O) groups excluding carboxylic acids is 1. The highest BCUT2D eigenvalue weighted by Gasteiger charge is 2.16. The molecule has 4 nitrogen and oxygen atoms in total. The highest BCUT2D eigenvalue weighted by molar-refractivity contribution is 9.10. The Bertz CT molecular complexity index is 835. The summed E-state index contributed by atoms with van der Waals surface area (Å²) >= 11 is 4.83. The van der Waals surface area contributed by atoms with Crippen LogP contribution in [0.2, 0.25) is 0 Å². The van der Waals surface area contributed by atoms with Gasteiger partial charge in [-0.3, -0.25) is 4.79 Å². The van der Waals surface area contributed by atoms with Crippen molar-refractivity contribution >= 4 is 38.3 Å². The molecular weight excluding hydrogens is 386 g/mol. The van der Waals surface area contributed by atoms with Gasteiger partial charge in [-0.15, -0.1) is 11.3 Å². The molecule has 6 heteroatoms. The maximum absolute atomic E-state index is 12.2. The van der Waals surface area contributed by atoms with Gasteiger partial charge in [0.15, 0.2) is 5.13 Å². The molecule has 0 aliphatic rings. The largest absolute Gasteiger partial charge is 0.320 e. The van der Waals surface area contributed by atoms with Gasteiger partial charge in [-0.05, 0) is 24.1 Å². The first-order valence-corrected chi connectivity index (χ1v) is 9.11. The molecule has 3 aromatic rings. The van der Waals surface area contributed by atoms with E-state index < -0.39 is 6.04 Å². The van der Waals surface area contributed by atoms with Gasteiger partial charge in [0.25, 0.3) is 0 Å². The van der Waals surface area contributed by atoms with Crippen LogP contribution in [-0.4, -0.2) is 16.9 Å². The number of nitrogens with two attached hydrogens (primary N) is 1. The molecule has 0 aliphatic heterocycles. The first-order chi connectivity index (χ1) is 11.6. The summed E-state index contributed by atoms with van der Waals surface area (Å²) in [6, 6.07) is 17.0. The maximum Gasteiger partial charge on any atom is 0.243 e. The van der Waals surface area contributed by atoms with Crippen LogP contribution in [-0.2, 0) is 11.2 Å². The predicted octanol–water partition coefficient (Wildman–Crippen LogP) is 4.08. The van der Waals surface area contributed by atoms with Crippen molar-refractivity contribution in [3.8, 4) is 11.3 Å². The lowest BCUT2D eigenvalue weighted by molar-refractivity contribution is -0.117. The molecule has 0 unspecified atom stereocenters. The molecule has 0 aliphatic carbocycles. The summed E-state index contributed by atoms with van der Waals surface area (Å²) in [5.41, 5.74) is 8.85. The number of nitrogens with one attached hydrogen (secondary N) is 1. The molecule has 0 radical (unpaired) electrons. The first-order valence-electron chi connectivity index (χ1n) is 7.43. The number of thiazole rings is 1. The quantitative estimate of drug-likeness (QED) is 0.676. The van der Waals surface area contributed by atoms with Crippen molar-refractivity contribution in [3.63, 3.8) is 0 Å². The second-order valence-electron chi connectivity index (χ2n) is 5.33. The summed E-state index contributed by atoms with van der Waals surface area (Å²) < 4.78 is 0.989. The summed E-state index contributed by atoms with van der Waals surface area (Å²) in [5.74, 6) is -0.228. The monoisotopic (exact) mass is 401 g/mol. The van der Waals surface area contributed by atoms with Gasteiger partial charge in [0.2, 0.25) is 5.91 Å². The van der Waals surface area contributed by atoms with E-state index in [0.717, 1.165) is 21.3 Å². The van der Waals surface area contributed by atoms with E-state index in [9.17, 15) is 4.79 Å². The zero-order valence-electron chi connectivity index (χ0n) is 12.8. The van der Waals surface area contributed by atoms with Crippen LogP contribution in [0.3, 0.4) is 0 Å². The van der Waals surface area contributed by atoms with E-state index in [4.69, 9.17) is 5.73 Å². The molecule has 0 saturated heterocycles. The topological polar surface area (TPSA) is 68.0 Å². The first kappa shape index (κ1) is 16.8. The Morgan fingerprint density at radius 2 is 2.00 bits per heavy atom. The van der Waals surface area contributed by atoms with E-state index in [2.05, 4.69) is 26.2 Å². The molecule has 1 atom stereocenters. The number of halogens is 1. The second-order valence-corrected chi connectivity index (χ2v) is 7.11. The summed E-state index contributed by atoms with van der Waals surface area (Å²) in [5, 5.41) is 5.27. The maximum atomic E-state index is 12.2. The number of aromatic nitrogens is 1. The summed E-state index contributed by atoms with van der Waals surface area (Å²) in [4.78, 5) is 16.7. The third kappa shape index (κ3) is 4.29. The van der Waals surface area contributed by atoms with Crippen LogP contribution in [0.4, 0.5) is 5.13 Å². The summed E-state index contributed by atoms with van der Waals surface area (Å²) in [6.45, 7) is 0. The number of benzene rings is 2. The standard InChI is InChI=1S/C18H16BrN3OS/c19-14-8-4-7-13(10-14)16-11-24-18(21-16)22-17(23)15(20)9-12-5-2-1-3-6-12/h1-8,10-11,15H,9,20H2,(H,21,22,23)/t15-/m1/s1. The van der Waals surface area contributed by atoms with Gasteiger partial charge in [0, 0.05) is 15.4 Å². The van der Waals surface area contributed by atoms with Crippen molar-refractivity contribution in [2.45, 2.75) is 12.5 Å². The van der Waals surface area contributed by atoms with Crippen LogP contribution in [0.5, 0.6) is 0 Å². The van der Waals surface area contributed by atoms with Crippen molar-refractivity contribution in [2.24, 2.45) is 5.73 Å². The molecule has 1 amide bonds. The van der Waals surface area contributed by atoms with Crippen LogP contribution < -0.4 is 11.1 Å². The Labute approximate surface area is 152 Å².